The summed E-state index contributed by atoms with van der Waals surface area (Å²) >= 11 is 1.56. The highest BCUT2D eigenvalue weighted by Gasteiger charge is 2.18. The molecule has 0 aliphatic rings. The lowest BCUT2D eigenvalue weighted by Gasteiger charge is -2.06. The first kappa shape index (κ1) is 15.8. The Balaban J connectivity index is 1.92. The summed E-state index contributed by atoms with van der Waals surface area (Å²) in [6, 6.07) is 9.99. The fourth-order valence-electron chi connectivity index (χ4n) is 3.10. The Hall–Kier alpha value is -2.73. The molecule has 0 aliphatic carbocycles. The van der Waals surface area contributed by atoms with Gasteiger partial charge in [0.2, 0.25) is 0 Å². The van der Waals surface area contributed by atoms with E-state index in [0.717, 1.165) is 37.9 Å². The van der Waals surface area contributed by atoms with E-state index in [2.05, 4.69) is 10.1 Å². The molecule has 3 heterocycles. The molecule has 0 N–H and O–H groups in total. The van der Waals surface area contributed by atoms with E-state index in [1.165, 1.54) is 0 Å². The fourth-order valence-corrected chi connectivity index (χ4v) is 4.10. The van der Waals surface area contributed by atoms with Gasteiger partial charge in [-0.15, -0.1) is 11.3 Å². The molecule has 0 unspecified atom stereocenters. The van der Waals surface area contributed by atoms with Crippen LogP contribution < -0.4 is 5.56 Å². The number of benzene rings is 1. The Morgan fingerprint density at radius 1 is 1.16 bits per heavy atom. The van der Waals surface area contributed by atoms with E-state index in [9.17, 15) is 4.79 Å². The van der Waals surface area contributed by atoms with Crippen molar-refractivity contribution in [2.75, 3.05) is 0 Å². The Bertz CT molecular complexity index is 1100. The molecular weight excluding hydrogens is 334 g/mol. The lowest BCUT2D eigenvalue weighted by molar-refractivity contribution is 0.392. The molecule has 1 aromatic carbocycles. The van der Waals surface area contributed by atoms with E-state index in [1.807, 2.05) is 51.1 Å². The zero-order valence-electron chi connectivity index (χ0n) is 14.2. The largest absolute Gasteiger partial charge is 0.361 e. The van der Waals surface area contributed by atoms with E-state index < -0.39 is 0 Å². The van der Waals surface area contributed by atoms with Crippen LogP contribution in [-0.2, 0) is 6.54 Å². The zero-order chi connectivity index (χ0) is 17.6. The normalized spacial score (nSPS) is 11.3. The van der Waals surface area contributed by atoms with Gasteiger partial charge < -0.3 is 4.52 Å². The van der Waals surface area contributed by atoms with Crippen LogP contribution in [0.1, 0.15) is 21.9 Å². The second-order valence-electron chi connectivity index (χ2n) is 6.06. The van der Waals surface area contributed by atoms with Crippen molar-refractivity contribution in [1.82, 2.24) is 14.7 Å². The van der Waals surface area contributed by atoms with Crippen LogP contribution in [0.2, 0.25) is 0 Å². The van der Waals surface area contributed by atoms with Crippen LogP contribution in [0.5, 0.6) is 0 Å². The zero-order valence-corrected chi connectivity index (χ0v) is 15.1. The third-order valence-corrected chi connectivity index (χ3v) is 5.44. The maximum atomic E-state index is 13.2. The molecule has 3 aromatic heterocycles. The fraction of sp³-hybridized carbons (Fsp3) is 0.211. The van der Waals surface area contributed by atoms with Gasteiger partial charge in [0.25, 0.3) is 5.56 Å². The number of aromatic nitrogens is 3. The van der Waals surface area contributed by atoms with Gasteiger partial charge in [0.05, 0.1) is 24.0 Å². The summed E-state index contributed by atoms with van der Waals surface area (Å²) < 4.78 is 6.84. The molecule has 0 atom stereocenters. The number of thiophene rings is 1. The molecule has 4 aromatic rings. The molecule has 0 bridgehead atoms. The van der Waals surface area contributed by atoms with E-state index in [0.29, 0.717) is 11.9 Å². The number of nitrogens with zero attached hydrogens (tertiary/aromatic N) is 3. The van der Waals surface area contributed by atoms with E-state index in [1.54, 1.807) is 22.2 Å². The summed E-state index contributed by atoms with van der Waals surface area (Å²) in [5, 5.41) is 4.65. The van der Waals surface area contributed by atoms with Crippen molar-refractivity contribution in [3.05, 3.63) is 68.9 Å². The molecule has 0 spiro atoms. The highest BCUT2D eigenvalue weighted by molar-refractivity contribution is 7.19. The minimum absolute atomic E-state index is 0.0341. The standard InChI is InChI=1S/C19H17N3O2S/c1-11-15(12(2)24-21-11)9-22-10-20-18-17(19(22)23)16(13(3)25-18)14-7-5-4-6-8-14/h4-8,10H,9H2,1-3H3. The van der Waals surface area contributed by atoms with Gasteiger partial charge in [0.1, 0.15) is 10.6 Å². The predicted molar refractivity (Wildman–Crippen MR) is 99.1 cm³/mol. The van der Waals surface area contributed by atoms with Crippen molar-refractivity contribution in [2.24, 2.45) is 0 Å². The van der Waals surface area contributed by atoms with Gasteiger partial charge in [-0.1, -0.05) is 35.5 Å². The Kier molecular flexibility index (Phi) is 3.77. The molecular formula is C19H17N3O2S. The van der Waals surface area contributed by atoms with Crippen molar-refractivity contribution >= 4 is 21.6 Å². The third kappa shape index (κ3) is 2.59. The molecule has 0 saturated carbocycles. The summed E-state index contributed by atoms with van der Waals surface area (Å²) in [5.74, 6) is 0.731. The second kappa shape index (κ2) is 5.97. The van der Waals surface area contributed by atoms with Gasteiger partial charge >= 0.3 is 0 Å². The number of fused-ring (bicyclic) bond motifs is 1. The summed E-state index contributed by atoms with van der Waals surface area (Å²) in [6.07, 6.45) is 1.61. The van der Waals surface area contributed by atoms with Crippen LogP contribution in [0, 0.1) is 20.8 Å². The molecule has 0 saturated heterocycles. The average Bonchev–Trinajstić information content (AvgIpc) is 3.11. The molecule has 6 heteroatoms. The Labute approximate surface area is 148 Å². The van der Waals surface area contributed by atoms with E-state index >= 15 is 0 Å². The molecule has 0 aliphatic heterocycles. The van der Waals surface area contributed by atoms with E-state index in [4.69, 9.17) is 4.52 Å². The minimum Gasteiger partial charge on any atom is -0.361 e. The van der Waals surface area contributed by atoms with Crippen LogP contribution in [0.15, 0.2) is 46.0 Å². The maximum absolute atomic E-state index is 13.2. The van der Waals surface area contributed by atoms with Crippen LogP contribution in [0.25, 0.3) is 21.3 Å². The van der Waals surface area contributed by atoms with E-state index in [-0.39, 0.29) is 5.56 Å². The second-order valence-corrected chi connectivity index (χ2v) is 7.26. The lowest BCUT2D eigenvalue weighted by atomic mass is 10.0. The topological polar surface area (TPSA) is 60.9 Å². The van der Waals surface area contributed by atoms with Gasteiger partial charge in [-0.05, 0) is 26.3 Å². The first-order chi connectivity index (χ1) is 12.1. The van der Waals surface area contributed by atoms with Crippen molar-refractivity contribution in [3.8, 4) is 11.1 Å². The first-order valence-electron chi connectivity index (χ1n) is 8.02. The first-order valence-corrected chi connectivity index (χ1v) is 8.83. The van der Waals surface area contributed by atoms with Gasteiger partial charge in [-0.25, -0.2) is 4.98 Å². The number of aryl methyl sites for hydroxylation is 3. The van der Waals surface area contributed by atoms with Gasteiger partial charge in [0.15, 0.2) is 0 Å². The highest BCUT2D eigenvalue weighted by atomic mass is 32.1. The Morgan fingerprint density at radius 3 is 2.60 bits per heavy atom. The van der Waals surface area contributed by atoms with Crippen molar-refractivity contribution in [3.63, 3.8) is 0 Å². The molecule has 25 heavy (non-hydrogen) atoms. The quantitative estimate of drug-likeness (QED) is 0.558. The highest BCUT2D eigenvalue weighted by Crippen LogP contribution is 2.35. The maximum Gasteiger partial charge on any atom is 0.263 e. The molecule has 0 fully saturated rings. The number of hydrogen-bond acceptors (Lipinski definition) is 5. The summed E-state index contributed by atoms with van der Waals surface area (Å²) in [5.41, 5.74) is 3.71. The van der Waals surface area contributed by atoms with Gasteiger partial charge in [-0.2, -0.15) is 0 Å². The monoisotopic (exact) mass is 351 g/mol. The van der Waals surface area contributed by atoms with Crippen molar-refractivity contribution < 1.29 is 4.52 Å². The average molecular weight is 351 g/mol. The summed E-state index contributed by atoms with van der Waals surface area (Å²) in [7, 11) is 0. The van der Waals surface area contributed by atoms with Crippen molar-refractivity contribution in [2.45, 2.75) is 27.3 Å². The predicted octanol–water partition coefficient (Wildman–Crippen LogP) is 4.09. The summed E-state index contributed by atoms with van der Waals surface area (Å²) in [4.78, 5) is 19.6. The van der Waals surface area contributed by atoms with Crippen LogP contribution in [-0.4, -0.2) is 14.7 Å². The smallest absolute Gasteiger partial charge is 0.263 e. The molecule has 4 rings (SSSR count). The SMILES string of the molecule is Cc1noc(C)c1Cn1cnc2sc(C)c(-c3ccccc3)c2c1=O. The van der Waals surface area contributed by atoms with Gasteiger partial charge in [-0.3, -0.25) is 9.36 Å². The van der Waals surface area contributed by atoms with Crippen LogP contribution >= 0.6 is 11.3 Å². The molecule has 126 valence electrons. The van der Waals surface area contributed by atoms with Gasteiger partial charge in [0, 0.05) is 16.0 Å². The van der Waals surface area contributed by atoms with Crippen molar-refractivity contribution in [1.29, 1.82) is 0 Å². The third-order valence-electron chi connectivity index (χ3n) is 4.43. The molecule has 5 nitrogen and oxygen atoms in total. The number of hydrogen-bond donors (Lipinski definition) is 0. The lowest BCUT2D eigenvalue weighted by Crippen LogP contribution is -2.21. The molecule has 0 radical (unpaired) electrons. The van der Waals surface area contributed by atoms with Crippen LogP contribution in [0.4, 0.5) is 0 Å². The minimum atomic E-state index is -0.0341. The summed E-state index contributed by atoms with van der Waals surface area (Å²) in [6.45, 7) is 6.18. The molecule has 0 amide bonds. The Morgan fingerprint density at radius 2 is 1.92 bits per heavy atom. The number of rotatable bonds is 3. The van der Waals surface area contributed by atoms with Crippen LogP contribution in [0.3, 0.4) is 0 Å².